The van der Waals surface area contributed by atoms with Crippen molar-refractivity contribution in [3.8, 4) is 0 Å². The zero-order chi connectivity index (χ0) is 78.4. The van der Waals surface area contributed by atoms with Gasteiger partial charge in [-0.25, -0.2) is 0 Å². The molecule has 3 N–H and O–H groups in total. The average Bonchev–Trinajstić information content (AvgIpc) is 1.51. The molecular formula is C77H120ClF3N12O13. The number of nitrogens with zero attached hydrogens (tertiary/aromatic N) is 9. The number of hydrogen-bond donors (Lipinski definition) is 3. The number of halogens is 4. The minimum atomic E-state index is -4.77. The first-order valence-corrected chi connectivity index (χ1v) is 39.1. The number of piperidine rings is 1. The molecule has 106 heavy (non-hydrogen) atoms. The lowest BCUT2D eigenvalue weighted by molar-refractivity contribution is -0.162. The summed E-state index contributed by atoms with van der Waals surface area (Å²) in [6, 6.07) is -8.22. The lowest BCUT2D eigenvalue weighted by Crippen LogP contribution is -2.66. The van der Waals surface area contributed by atoms with Crippen molar-refractivity contribution in [2.24, 2.45) is 29.6 Å². The maximum absolute atomic E-state index is 15.5. The molecule has 7 rings (SSSR count). The Morgan fingerprint density at radius 2 is 1.26 bits per heavy atom. The van der Waals surface area contributed by atoms with Crippen LogP contribution in [-0.2, 0) is 74.9 Å². The lowest BCUT2D eigenvalue weighted by Gasteiger charge is -2.46. The van der Waals surface area contributed by atoms with Crippen LogP contribution in [0.4, 0.5) is 13.2 Å². The maximum atomic E-state index is 15.5. The lowest BCUT2D eigenvalue weighted by atomic mass is 9.84. The van der Waals surface area contributed by atoms with Gasteiger partial charge >= 0.3 is 6.18 Å². The van der Waals surface area contributed by atoms with E-state index >= 15 is 52.7 Å². The molecule has 4 aliphatic heterocycles. The van der Waals surface area contributed by atoms with Crippen molar-refractivity contribution in [3.05, 3.63) is 34.3 Å². The van der Waals surface area contributed by atoms with E-state index in [0.29, 0.717) is 63.6 Å². The fraction of sp³-hybridized carbons (Fsp3) is 0.766. The standard InChI is InChI=1S/C77H120ClF3N12O13/c1-15-50(8)64-73(103)89(13)61(46-106-40-33-47(2)3)72(102)93-39-32-57(93)70(100)87(11)59(43-51-25-18-16-19-26-51)69(99)85(9)45-62(94)82-55(31-29-52-28-30-53(54(78)42-52)77(79,80)81)68(98)92-38-24-27-56(92)67(97)84-76(34-20-21-35-76)75(105)90(14)65(49(6)7)74(104)88(12)60(71(101)91-36-22-17-23-37-91)44-63(95)86(10)58(41-48(4)5)66(96)83-64/h28,30,42,47-51,55-61,64-65H,15-27,29,31-41,43-46H2,1-14H3,(H,82,94)(H,83,96)(H,84,97)/t50-,55-,56-,57-,58-,59-,60-,61-,64-,65-/m0/s1. The first-order chi connectivity index (χ1) is 49.9. The molecule has 6 aliphatic rings. The summed E-state index contributed by atoms with van der Waals surface area (Å²) < 4.78 is 48.0. The highest BCUT2D eigenvalue weighted by Crippen LogP contribution is 2.38. The van der Waals surface area contributed by atoms with E-state index in [0.717, 1.165) is 55.6 Å². The van der Waals surface area contributed by atoms with E-state index < -0.39 is 172 Å². The summed E-state index contributed by atoms with van der Waals surface area (Å²) in [5.74, 6) is -8.94. The highest BCUT2D eigenvalue weighted by molar-refractivity contribution is 6.31. The van der Waals surface area contributed by atoms with E-state index in [1.807, 2.05) is 34.6 Å². The first kappa shape index (κ1) is 86.1. The normalized spacial score (nSPS) is 27.0. The second-order valence-corrected chi connectivity index (χ2v) is 32.5. The van der Waals surface area contributed by atoms with Gasteiger partial charge < -0.3 is 64.8 Å². The van der Waals surface area contributed by atoms with Gasteiger partial charge in [-0.3, -0.25) is 57.5 Å². The van der Waals surface area contributed by atoms with Crippen LogP contribution in [0.1, 0.15) is 201 Å². The number of fused-ring (bicyclic) bond motifs is 2. The van der Waals surface area contributed by atoms with E-state index in [-0.39, 0.29) is 95.4 Å². The van der Waals surface area contributed by atoms with Crippen molar-refractivity contribution >= 4 is 82.5 Å². The van der Waals surface area contributed by atoms with Gasteiger partial charge in [0.05, 0.1) is 30.2 Å². The van der Waals surface area contributed by atoms with Crippen molar-refractivity contribution in [1.82, 2.24) is 60.0 Å². The Labute approximate surface area is 630 Å². The summed E-state index contributed by atoms with van der Waals surface area (Å²) in [5.41, 5.74) is -2.37. The fourth-order valence-electron chi connectivity index (χ4n) is 16.1. The third kappa shape index (κ3) is 21.2. The van der Waals surface area contributed by atoms with Gasteiger partial charge in [-0.05, 0) is 131 Å². The van der Waals surface area contributed by atoms with Crippen molar-refractivity contribution in [3.63, 3.8) is 0 Å². The molecule has 4 heterocycles. The molecule has 1 aromatic rings. The van der Waals surface area contributed by atoms with Gasteiger partial charge in [0.25, 0.3) is 0 Å². The minimum Gasteiger partial charge on any atom is -0.379 e. The molecule has 0 bridgehead atoms. The summed E-state index contributed by atoms with van der Waals surface area (Å²) in [5, 5.41) is 8.22. The molecule has 4 saturated heterocycles. The third-order valence-corrected chi connectivity index (χ3v) is 23.4. The number of alkyl halides is 3. The zero-order valence-electron chi connectivity index (χ0n) is 65.2. The molecule has 0 aromatic heterocycles. The number of benzene rings is 1. The molecule has 2 aliphatic carbocycles. The number of rotatable bonds is 16. The molecule has 594 valence electrons. The Hall–Kier alpha value is -7.10. The molecule has 0 radical (unpaired) electrons. The summed E-state index contributed by atoms with van der Waals surface area (Å²) in [7, 11) is 8.62. The molecule has 1 aromatic carbocycles. The predicted molar refractivity (Wildman–Crippen MR) is 394 cm³/mol. The molecule has 2 saturated carbocycles. The van der Waals surface area contributed by atoms with E-state index in [9.17, 15) is 18.0 Å². The smallest absolute Gasteiger partial charge is 0.379 e. The van der Waals surface area contributed by atoms with Crippen LogP contribution in [0.5, 0.6) is 0 Å². The summed E-state index contributed by atoms with van der Waals surface area (Å²) in [4.78, 5) is 194. The van der Waals surface area contributed by atoms with Gasteiger partial charge in [0.2, 0.25) is 70.9 Å². The van der Waals surface area contributed by atoms with Crippen molar-refractivity contribution in [2.75, 3.05) is 88.2 Å². The van der Waals surface area contributed by atoms with Gasteiger partial charge in [-0.1, -0.05) is 124 Å². The highest BCUT2D eigenvalue weighted by atomic mass is 35.5. The maximum Gasteiger partial charge on any atom is 0.417 e. The topological polar surface area (TPSA) is 279 Å². The van der Waals surface area contributed by atoms with Crippen LogP contribution < -0.4 is 16.0 Å². The summed E-state index contributed by atoms with van der Waals surface area (Å²) >= 11 is 6.18. The summed E-state index contributed by atoms with van der Waals surface area (Å²) in [6.45, 7) is 15.0. The van der Waals surface area contributed by atoms with Crippen LogP contribution in [0.25, 0.3) is 0 Å². The third-order valence-electron chi connectivity index (χ3n) is 23.1. The largest absolute Gasteiger partial charge is 0.417 e. The van der Waals surface area contributed by atoms with Gasteiger partial charge in [0, 0.05) is 75.1 Å². The van der Waals surface area contributed by atoms with Crippen LogP contribution in [0.2, 0.25) is 5.02 Å². The number of aryl methyl sites for hydroxylation is 1. The van der Waals surface area contributed by atoms with Crippen LogP contribution in [0.15, 0.2) is 18.2 Å². The number of carbonyl (C=O) groups is 12. The molecule has 12 amide bonds. The Bertz CT molecular complexity index is 3290. The molecule has 25 nitrogen and oxygen atoms in total. The Kier molecular flexibility index (Phi) is 31.1. The van der Waals surface area contributed by atoms with Crippen LogP contribution >= 0.6 is 11.6 Å². The molecule has 10 atom stereocenters. The van der Waals surface area contributed by atoms with Crippen molar-refractivity contribution < 1.29 is 75.4 Å². The first-order valence-electron chi connectivity index (χ1n) is 38.8. The van der Waals surface area contributed by atoms with Gasteiger partial charge in [-0.2, -0.15) is 13.2 Å². The second-order valence-electron chi connectivity index (χ2n) is 32.1. The highest BCUT2D eigenvalue weighted by Gasteiger charge is 2.52. The van der Waals surface area contributed by atoms with Crippen LogP contribution in [0.3, 0.4) is 0 Å². The monoisotopic (exact) mass is 1510 g/mol. The van der Waals surface area contributed by atoms with Crippen molar-refractivity contribution in [1.29, 1.82) is 0 Å². The minimum absolute atomic E-state index is 0.00191. The predicted octanol–water partition coefficient (Wildman–Crippen LogP) is 7.07. The fourth-order valence-corrected chi connectivity index (χ4v) is 16.4. The van der Waals surface area contributed by atoms with Crippen molar-refractivity contribution in [2.45, 2.75) is 263 Å². The van der Waals surface area contributed by atoms with E-state index in [1.54, 1.807) is 25.7 Å². The Balaban J connectivity index is 1.32. The average molecular weight is 1510 g/mol. The number of ether oxygens (including phenoxy) is 1. The number of amides is 12. The quantitative estimate of drug-likeness (QED) is 0.140. The number of carbonyl (C=O) groups excluding carboxylic acids is 12. The molecule has 29 heteroatoms. The van der Waals surface area contributed by atoms with E-state index in [1.165, 1.54) is 82.7 Å². The van der Waals surface area contributed by atoms with Gasteiger partial charge in [0.1, 0.15) is 59.9 Å². The molecule has 1 spiro atoms. The van der Waals surface area contributed by atoms with Gasteiger partial charge in [-0.15, -0.1) is 0 Å². The second kappa shape index (κ2) is 38.3. The molecule has 6 fully saturated rings. The zero-order valence-corrected chi connectivity index (χ0v) is 65.9. The number of hydrogen-bond acceptors (Lipinski definition) is 13. The van der Waals surface area contributed by atoms with Crippen LogP contribution in [-0.4, -0.2) is 263 Å². The molecule has 0 unspecified atom stereocenters. The Morgan fingerprint density at radius 1 is 0.632 bits per heavy atom. The number of likely N-dealkylation sites (tertiary alicyclic amines) is 1. The summed E-state index contributed by atoms with van der Waals surface area (Å²) in [6.07, 6.45) is 4.15. The van der Waals surface area contributed by atoms with Crippen LogP contribution in [0, 0.1) is 29.6 Å². The Morgan fingerprint density at radius 3 is 1.85 bits per heavy atom. The SMILES string of the molecule is CC[C@H](C)[C@@H]1NC(=O)[C@H](CC(C)C)N(C)C(=O)C[C@@H](C(=O)N2CCCCC2)N(C)C(=O)[C@H](C(C)C)N(C)C(=O)C2(CCCC2)NC(=O)[C@@H]2CCCN2C(=O)[C@H](CCc2ccc(C(F)(F)F)c(Cl)c2)NC(=O)CN(C)C(=O)[C@H](CC2CCCCC2)N(C)C(=O)[C@@H]2CCN2C(=O)[C@H](COCCC(C)C)N(C)C1=O. The number of nitrogens with one attached hydrogen (secondary N) is 3. The van der Waals surface area contributed by atoms with Gasteiger partial charge in [0.15, 0.2) is 0 Å². The number of likely N-dealkylation sites (N-methyl/N-ethyl adjacent to an activating group) is 6. The van der Waals surface area contributed by atoms with E-state index in [2.05, 4.69) is 16.0 Å². The molecular weight excluding hydrogens is 1390 g/mol. The van der Waals surface area contributed by atoms with E-state index in [4.69, 9.17) is 16.3 Å².